The largest absolute Gasteiger partial charge is 0.416 e. The number of rotatable bonds is 12. The maximum Gasteiger partial charge on any atom is 0.200 e. The second-order valence-corrected chi connectivity index (χ2v) is 21.8. The minimum atomic E-state index is -1.68. The molecule has 0 saturated heterocycles. The van der Waals surface area contributed by atoms with Crippen molar-refractivity contribution >= 4 is 16.4 Å². The van der Waals surface area contributed by atoms with Crippen LogP contribution in [0.25, 0.3) is 0 Å². The van der Waals surface area contributed by atoms with E-state index in [9.17, 15) is 0 Å². The van der Waals surface area contributed by atoms with E-state index >= 15 is 0 Å². The summed E-state index contributed by atoms with van der Waals surface area (Å²) in [6.07, 6.45) is 2.61. The van der Waals surface area contributed by atoms with Gasteiger partial charge in [0, 0.05) is 6.61 Å². The Morgan fingerprint density at radius 2 is 0.880 bits per heavy atom. The first-order valence-corrected chi connectivity index (χ1v) is 15.6. The molecule has 0 spiro atoms. The zero-order chi connectivity index (χ0) is 20.0. The molecular weight excluding hydrogens is 336 g/mol. The Kier molecular flexibility index (Phi) is 10.8. The van der Waals surface area contributed by atoms with Crippen LogP contribution in [0.4, 0.5) is 0 Å². The number of unbranched alkanes of at least 4 members (excludes halogenated alkanes) is 1. The van der Waals surface area contributed by atoms with E-state index < -0.39 is 16.4 Å². The molecule has 0 aromatic heterocycles. The van der Waals surface area contributed by atoms with Gasteiger partial charge < -0.3 is 4.43 Å². The summed E-state index contributed by atoms with van der Waals surface area (Å²) in [5.74, 6) is 0. The molecule has 0 fully saturated rings. The molecule has 0 rings (SSSR count). The first-order valence-electron chi connectivity index (χ1n) is 11.0. The van der Waals surface area contributed by atoms with Crippen LogP contribution in [-0.2, 0) is 4.43 Å². The Morgan fingerprint density at radius 1 is 0.520 bits per heavy atom. The van der Waals surface area contributed by atoms with E-state index in [1.807, 2.05) is 0 Å². The Bertz CT molecular complexity index is 281. The van der Waals surface area contributed by atoms with Crippen LogP contribution in [-0.4, -0.2) is 23.0 Å². The van der Waals surface area contributed by atoms with Crippen molar-refractivity contribution in [1.29, 1.82) is 0 Å². The van der Waals surface area contributed by atoms with Crippen LogP contribution >= 0.6 is 0 Å². The predicted octanol–water partition coefficient (Wildman–Crippen LogP) is 8.64. The Labute approximate surface area is 162 Å². The van der Waals surface area contributed by atoms with Crippen molar-refractivity contribution in [2.75, 3.05) is 6.61 Å². The van der Waals surface area contributed by atoms with Crippen molar-refractivity contribution in [2.24, 2.45) is 0 Å². The first-order chi connectivity index (χ1) is 11.4. The van der Waals surface area contributed by atoms with Crippen molar-refractivity contribution in [1.82, 2.24) is 0 Å². The van der Waals surface area contributed by atoms with E-state index in [4.69, 9.17) is 4.43 Å². The molecule has 25 heavy (non-hydrogen) atoms. The lowest BCUT2D eigenvalue weighted by atomic mass is 10.4. The zero-order valence-corrected chi connectivity index (χ0v) is 21.7. The second kappa shape index (κ2) is 10.7. The van der Waals surface area contributed by atoms with Gasteiger partial charge in [-0.25, -0.2) is 0 Å². The normalized spacial score (nSPS) is 14.2. The van der Waals surface area contributed by atoms with Gasteiger partial charge in [-0.1, -0.05) is 112 Å². The second-order valence-electron chi connectivity index (χ2n) is 10.2. The van der Waals surface area contributed by atoms with Crippen LogP contribution in [0.3, 0.4) is 0 Å². The molecule has 0 aliphatic heterocycles. The van der Waals surface area contributed by atoms with Gasteiger partial charge in [0.25, 0.3) is 0 Å². The summed E-state index contributed by atoms with van der Waals surface area (Å²) in [5, 5.41) is 0. The third kappa shape index (κ3) is 5.68. The lowest BCUT2D eigenvalue weighted by molar-refractivity contribution is 0.271. The summed E-state index contributed by atoms with van der Waals surface area (Å²) in [7, 11) is -2.91. The third-order valence-electron chi connectivity index (χ3n) is 7.29. The van der Waals surface area contributed by atoms with Gasteiger partial charge in [-0.15, -0.1) is 0 Å². The lowest BCUT2D eigenvalue weighted by Gasteiger charge is -2.44. The summed E-state index contributed by atoms with van der Waals surface area (Å²) in [4.78, 5) is 0. The maximum atomic E-state index is 6.76. The minimum Gasteiger partial charge on any atom is -0.416 e. The maximum absolute atomic E-state index is 6.76. The van der Waals surface area contributed by atoms with Crippen LogP contribution in [0.1, 0.15) is 95.9 Å². The van der Waals surface area contributed by atoms with Crippen molar-refractivity contribution in [3.05, 3.63) is 0 Å². The molecule has 0 aliphatic carbocycles. The van der Waals surface area contributed by atoms with E-state index in [0.717, 1.165) is 23.2 Å². The minimum absolute atomic E-state index is 0.697. The fourth-order valence-electron chi connectivity index (χ4n) is 6.15. The van der Waals surface area contributed by atoms with Crippen LogP contribution < -0.4 is 0 Å². The Morgan fingerprint density at radius 3 is 1.16 bits per heavy atom. The smallest absolute Gasteiger partial charge is 0.200 e. The van der Waals surface area contributed by atoms with Crippen LogP contribution in [0.2, 0.25) is 39.3 Å². The summed E-state index contributed by atoms with van der Waals surface area (Å²) >= 11 is 0. The van der Waals surface area contributed by atoms with Crippen LogP contribution in [0.15, 0.2) is 0 Å². The lowest BCUT2D eigenvalue weighted by Crippen LogP contribution is -2.48. The summed E-state index contributed by atoms with van der Waals surface area (Å²) < 4.78 is 6.76. The van der Waals surface area contributed by atoms with Gasteiger partial charge in [-0.2, -0.15) is 0 Å². The van der Waals surface area contributed by atoms with E-state index in [1.165, 1.54) is 18.9 Å². The van der Waals surface area contributed by atoms with Gasteiger partial charge in [-0.3, -0.25) is 0 Å². The summed E-state index contributed by atoms with van der Waals surface area (Å²) in [6.45, 7) is 30.2. The topological polar surface area (TPSA) is 9.23 Å². The molecule has 0 atom stereocenters. The standard InChI is InChI=1S/C22H50OSi2/c1-17(2)24(18(3)4,19(5)6)16-14-13-15-23-25(20(7)8,21(9)10)22(11)12/h17-22H,13-16H2,1-12H3. The molecule has 0 bridgehead atoms. The van der Waals surface area contributed by atoms with Crippen molar-refractivity contribution < 1.29 is 4.43 Å². The van der Waals surface area contributed by atoms with Gasteiger partial charge in [-0.05, 0) is 23.0 Å². The molecule has 0 unspecified atom stereocenters. The molecule has 0 aromatic carbocycles. The van der Waals surface area contributed by atoms with Crippen molar-refractivity contribution in [2.45, 2.75) is 135 Å². The van der Waals surface area contributed by atoms with E-state index in [1.54, 1.807) is 0 Å². The molecule has 0 heterocycles. The van der Waals surface area contributed by atoms with Gasteiger partial charge in [0.1, 0.15) is 0 Å². The number of hydrogen-bond donors (Lipinski definition) is 0. The SMILES string of the molecule is CC(C)[Si](CCCCO[Si](C(C)C)(C(C)C)C(C)C)(C(C)C)C(C)C. The summed E-state index contributed by atoms with van der Waals surface area (Å²) in [5.41, 5.74) is 4.73. The van der Waals surface area contributed by atoms with E-state index in [2.05, 4.69) is 83.1 Å². The first kappa shape index (κ1) is 25.4. The predicted molar refractivity (Wildman–Crippen MR) is 122 cm³/mol. The van der Waals surface area contributed by atoms with Crippen molar-refractivity contribution in [3.63, 3.8) is 0 Å². The molecule has 0 saturated carbocycles. The molecule has 0 amide bonds. The molecular formula is C22H50OSi2. The Hall–Kier alpha value is 0.394. The number of hydrogen-bond acceptors (Lipinski definition) is 1. The van der Waals surface area contributed by atoms with Crippen molar-refractivity contribution in [3.8, 4) is 0 Å². The highest BCUT2D eigenvalue weighted by Gasteiger charge is 2.45. The quantitative estimate of drug-likeness (QED) is 0.241. The Balaban J connectivity index is 4.85. The van der Waals surface area contributed by atoms with Crippen LogP contribution in [0.5, 0.6) is 0 Å². The fraction of sp³-hybridized carbons (Fsp3) is 1.00. The molecule has 0 radical (unpaired) electrons. The highest BCUT2D eigenvalue weighted by Crippen LogP contribution is 2.46. The van der Waals surface area contributed by atoms with Gasteiger partial charge in [0.15, 0.2) is 8.32 Å². The average Bonchev–Trinajstić information content (AvgIpc) is 2.44. The molecule has 0 aliphatic rings. The molecule has 152 valence electrons. The van der Waals surface area contributed by atoms with E-state index in [0.29, 0.717) is 16.6 Å². The van der Waals surface area contributed by atoms with Gasteiger partial charge in [0.05, 0.1) is 8.07 Å². The molecule has 3 heteroatoms. The molecule has 1 nitrogen and oxygen atoms in total. The van der Waals surface area contributed by atoms with E-state index in [-0.39, 0.29) is 0 Å². The van der Waals surface area contributed by atoms with Crippen LogP contribution in [0, 0.1) is 0 Å². The monoisotopic (exact) mass is 386 g/mol. The summed E-state index contributed by atoms with van der Waals surface area (Å²) in [6, 6.07) is 1.48. The van der Waals surface area contributed by atoms with Gasteiger partial charge >= 0.3 is 0 Å². The van der Waals surface area contributed by atoms with Gasteiger partial charge in [0.2, 0.25) is 0 Å². The third-order valence-corrected chi connectivity index (χ3v) is 21.1. The molecule has 0 aromatic rings. The highest BCUT2D eigenvalue weighted by atomic mass is 28.4. The average molecular weight is 387 g/mol. The molecule has 0 N–H and O–H groups in total. The fourth-order valence-corrected chi connectivity index (χ4v) is 18.2. The zero-order valence-electron chi connectivity index (χ0n) is 19.7. The highest BCUT2D eigenvalue weighted by molar-refractivity contribution is 6.83.